The Hall–Kier alpha value is -1.51. The second kappa shape index (κ2) is 6.60. The Labute approximate surface area is 115 Å². The van der Waals surface area contributed by atoms with E-state index < -0.39 is 0 Å². The van der Waals surface area contributed by atoms with E-state index in [1.54, 1.807) is 0 Å². The van der Waals surface area contributed by atoms with Crippen LogP contribution in [0.5, 0.6) is 0 Å². The van der Waals surface area contributed by atoms with Crippen molar-refractivity contribution in [3.63, 3.8) is 0 Å². The Bertz CT molecular complexity index is 512. The normalized spacial score (nSPS) is 15.9. The Balaban J connectivity index is 0.000000637. The van der Waals surface area contributed by atoms with E-state index in [1.165, 1.54) is 37.7 Å². The standard InChI is InChI=1S/C14H18N2O.C2H6/c1-10-7-8-13-12(9-10)16-14(17-13)15-11-5-3-2-4-6-11;1-2/h7-9,11H,2-6H2,1H3,(H,15,16);1-2H3. The molecule has 1 aliphatic rings. The van der Waals surface area contributed by atoms with E-state index in [4.69, 9.17) is 4.42 Å². The maximum absolute atomic E-state index is 5.70. The molecule has 2 aromatic rings. The van der Waals surface area contributed by atoms with Crippen LogP contribution in [0, 0.1) is 6.92 Å². The van der Waals surface area contributed by atoms with Crippen molar-refractivity contribution in [3.8, 4) is 0 Å². The van der Waals surface area contributed by atoms with Crippen molar-refractivity contribution in [2.75, 3.05) is 5.32 Å². The van der Waals surface area contributed by atoms with Crippen LogP contribution in [0.25, 0.3) is 11.1 Å². The highest BCUT2D eigenvalue weighted by Gasteiger charge is 2.15. The number of fused-ring (bicyclic) bond motifs is 1. The third-order valence-corrected chi connectivity index (χ3v) is 3.48. The van der Waals surface area contributed by atoms with Crippen LogP contribution in [0.2, 0.25) is 0 Å². The minimum absolute atomic E-state index is 0.540. The van der Waals surface area contributed by atoms with Gasteiger partial charge in [0.1, 0.15) is 5.52 Å². The number of hydrogen-bond acceptors (Lipinski definition) is 3. The highest BCUT2D eigenvalue weighted by atomic mass is 16.4. The minimum Gasteiger partial charge on any atom is -0.424 e. The first-order valence-electron chi connectivity index (χ1n) is 7.45. The molecule has 1 fully saturated rings. The van der Waals surface area contributed by atoms with Crippen LogP contribution < -0.4 is 5.32 Å². The summed E-state index contributed by atoms with van der Waals surface area (Å²) in [4.78, 5) is 4.49. The third-order valence-electron chi connectivity index (χ3n) is 3.48. The van der Waals surface area contributed by atoms with Gasteiger partial charge in [-0.3, -0.25) is 0 Å². The molecule has 3 heteroatoms. The summed E-state index contributed by atoms with van der Waals surface area (Å²) in [6.07, 6.45) is 6.47. The van der Waals surface area contributed by atoms with Gasteiger partial charge in [0.05, 0.1) is 0 Å². The zero-order valence-corrected chi connectivity index (χ0v) is 12.2. The van der Waals surface area contributed by atoms with Crippen molar-refractivity contribution < 1.29 is 4.42 Å². The minimum atomic E-state index is 0.540. The topological polar surface area (TPSA) is 38.1 Å². The number of anilines is 1. The number of hydrogen-bond donors (Lipinski definition) is 1. The predicted octanol–water partition coefficient (Wildman–Crippen LogP) is 4.91. The number of benzene rings is 1. The average molecular weight is 260 g/mol. The Morgan fingerprint density at radius 2 is 1.89 bits per heavy atom. The summed E-state index contributed by atoms with van der Waals surface area (Å²) in [5, 5.41) is 3.41. The largest absolute Gasteiger partial charge is 0.424 e. The second-order valence-corrected chi connectivity index (χ2v) is 4.97. The maximum Gasteiger partial charge on any atom is 0.295 e. The van der Waals surface area contributed by atoms with Gasteiger partial charge in [0.15, 0.2) is 5.58 Å². The van der Waals surface area contributed by atoms with Crippen molar-refractivity contribution in [2.45, 2.75) is 58.9 Å². The number of nitrogens with zero attached hydrogens (tertiary/aromatic N) is 1. The Morgan fingerprint density at radius 1 is 1.16 bits per heavy atom. The lowest BCUT2D eigenvalue weighted by molar-refractivity contribution is 0.451. The Kier molecular flexibility index (Phi) is 4.83. The number of nitrogens with one attached hydrogen (secondary N) is 1. The van der Waals surface area contributed by atoms with E-state index in [9.17, 15) is 0 Å². The SMILES string of the molecule is CC.Cc1ccc2oc(NC3CCCCC3)nc2c1. The van der Waals surface area contributed by atoms with E-state index >= 15 is 0 Å². The van der Waals surface area contributed by atoms with Crippen molar-refractivity contribution in [1.82, 2.24) is 4.98 Å². The zero-order chi connectivity index (χ0) is 13.7. The molecule has 0 aliphatic heterocycles. The highest BCUT2D eigenvalue weighted by Crippen LogP contribution is 2.24. The predicted molar refractivity (Wildman–Crippen MR) is 80.6 cm³/mol. The van der Waals surface area contributed by atoms with Crippen molar-refractivity contribution in [2.24, 2.45) is 0 Å². The maximum atomic E-state index is 5.70. The number of oxazole rings is 1. The quantitative estimate of drug-likeness (QED) is 0.834. The fraction of sp³-hybridized carbons (Fsp3) is 0.562. The van der Waals surface area contributed by atoms with E-state index in [2.05, 4.69) is 29.4 Å². The monoisotopic (exact) mass is 260 g/mol. The Morgan fingerprint density at radius 3 is 2.63 bits per heavy atom. The summed E-state index contributed by atoms with van der Waals surface area (Å²) >= 11 is 0. The highest BCUT2D eigenvalue weighted by molar-refractivity contribution is 5.75. The smallest absolute Gasteiger partial charge is 0.295 e. The molecule has 1 N–H and O–H groups in total. The number of rotatable bonds is 2. The van der Waals surface area contributed by atoms with Gasteiger partial charge in [0.2, 0.25) is 0 Å². The lowest BCUT2D eigenvalue weighted by atomic mass is 9.96. The molecule has 1 heterocycles. The van der Waals surface area contributed by atoms with E-state index in [0.29, 0.717) is 12.1 Å². The van der Waals surface area contributed by atoms with E-state index in [-0.39, 0.29) is 0 Å². The summed E-state index contributed by atoms with van der Waals surface area (Å²) in [5.41, 5.74) is 3.03. The van der Waals surface area contributed by atoms with Crippen molar-refractivity contribution in [3.05, 3.63) is 23.8 Å². The van der Waals surface area contributed by atoms with Gasteiger partial charge < -0.3 is 9.73 Å². The van der Waals surface area contributed by atoms with Gasteiger partial charge in [0, 0.05) is 6.04 Å². The molecule has 104 valence electrons. The molecule has 1 aromatic carbocycles. The fourth-order valence-electron chi connectivity index (χ4n) is 2.52. The van der Waals surface area contributed by atoms with Crippen molar-refractivity contribution in [1.29, 1.82) is 0 Å². The molecule has 0 radical (unpaired) electrons. The van der Waals surface area contributed by atoms with Gasteiger partial charge in [-0.05, 0) is 37.5 Å². The first-order valence-corrected chi connectivity index (χ1v) is 7.45. The van der Waals surface area contributed by atoms with Crippen LogP contribution in [-0.4, -0.2) is 11.0 Å². The van der Waals surface area contributed by atoms with Crippen LogP contribution in [0.3, 0.4) is 0 Å². The van der Waals surface area contributed by atoms with Crippen molar-refractivity contribution >= 4 is 17.1 Å². The molecular weight excluding hydrogens is 236 g/mol. The summed E-state index contributed by atoms with van der Waals surface area (Å²) in [6.45, 7) is 6.07. The number of aryl methyl sites for hydroxylation is 1. The number of aromatic nitrogens is 1. The molecular formula is C16H24N2O. The molecule has 1 aromatic heterocycles. The average Bonchev–Trinajstić information content (AvgIpc) is 2.83. The lowest BCUT2D eigenvalue weighted by Crippen LogP contribution is -2.22. The molecule has 0 amide bonds. The molecule has 0 spiro atoms. The third kappa shape index (κ3) is 3.49. The molecule has 3 nitrogen and oxygen atoms in total. The van der Waals surface area contributed by atoms with Crippen LogP contribution in [-0.2, 0) is 0 Å². The molecule has 0 atom stereocenters. The first kappa shape index (κ1) is 13.9. The molecule has 0 saturated heterocycles. The van der Waals surface area contributed by atoms with Crippen LogP contribution in [0.15, 0.2) is 22.6 Å². The first-order chi connectivity index (χ1) is 9.31. The molecule has 0 unspecified atom stereocenters. The lowest BCUT2D eigenvalue weighted by Gasteiger charge is -2.21. The zero-order valence-electron chi connectivity index (χ0n) is 12.2. The molecule has 19 heavy (non-hydrogen) atoms. The molecule has 3 rings (SSSR count). The van der Waals surface area contributed by atoms with E-state index in [1.807, 2.05) is 19.9 Å². The van der Waals surface area contributed by atoms with E-state index in [0.717, 1.165) is 11.1 Å². The summed E-state index contributed by atoms with van der Waals surface area (Å²) < 4.78 is 5.70. The van der Waals surface area contributed by atoms with Gasteiger partial charge >= 0.3 is 0 Å². The van der Waals surface area contributed by atoms with Crippen LogP contribution in [0.1, 0.15) is 51.5 Å². The fourth-order valence-corrected chi connectivity index (χ4v) is 2.52. The van der Waals surface area contributed by atoms with Gasteiger partial charge in [-0.15, -0.1) is 0 Å². The van der Waals surface area contributed by atoms with Crippen LogP contribution in [0.4, 0.5) is 6.01 Å². The summed E-state index contributed by atoms with van der Waals surface area (Å²) in [5.74, 6) is 0. The summed E-state index contributed by atoms with van der Waals surface area (Å²) in [6, 6.07) is 7.32. The van der Waals surface area contributed by atoms with Gasteiger partial charge in [-0.1, -0.05) is 39.2 Å². The second-order valence-electron chi connectivity index (χ2n) is 4.97. The van der Waals surface area contributed by atoms with Crippen LogP contribution >= 0.6 is 0 Å². The van der Waals surface area contributed by atoms with Gasteiger partial charge in [-0.2, -0.15) is 4.98 Å². The molecule has 1 saturated carbocycles. The molecule has 0 bridgehead atoms. The summed E-state index contributed by atoms with van der Waals surface area (Å²) in [7, 11) is 0. The van der Waals surface area contributed by atoms with Gasteiger partial charge in [-0.25, -0.2) is 0 Å². The molecule has 1 aliphatic carbocycles. The van der Waals surface area contributed by atoms with Gasteiger partial charge in [0.25, 0.3) is 6.01 Å².